The lowest BCUT2D eigenvalue weighted by molar-refractivity contribution is 0.0514. The highest BCUT2D eigenvalue weighted by Crippen LogP contribution is 2.22. The molecule has 0 bridgehead atoms. The molecule has 10 nitrogen and oxygen atoms in total. The number of benzene rings is 1. The maximum Gasteiger partial charge on any atom is 0.360 e. The van der Waals surface area contributed by atoms with Crippen molar-refractivity contribution in [3.05, 3.63) is 71.6 Å². The van der Waals surface area contributed by atoms with Crippen molar-refractivity contribution in [1.82, 2.24) is 20.1 Å². The molecule has 0 saturated carbocycles. The topological polar surface area (TPSA) is 125 Å². The van der Waals surface area contributed by atoms with E-state index >= 15 is 0 Å². The van der Waals surface area contributed by atoms with Gasteiger partial charge in [-0.05, 0) is 24.6 Å². The van der Waals surface area contributed by atoms with Crippen molar-refractivity contribution in [2.24, 2.45) is 0 Å². The van der Waals surface area contributed by atoms with E-state index in [9.17, 15) is 14.0 Å². The van der Waals surface area contributed by atoms with Crippen LogP contribution in [0.25, 0.3) is 11.5 Å². The largest absolute Gasteiger partial charge is 0.461 e. The SMILES string of the molecule is CCOC(=O)c1cc(-c2cc(C(=O)Nc3cnn(Cc4cccc(F)c4)c3)no2)on1. The van der Waals surface area contributed by atoms with Gasteiger partial charge in [-0.3, -0.25) is 9.48 Å². The smallest absolute Gasteiger partial charge is 0.360 e. The summed E-state index contributed by atoms with van der Waals surface area (Å²) in [6, 6.07) is 8.84. The Balaban J connectivity index is 1.40. The second kappa shape index (κ2) is 8.61. The zero-order valence-electron chi connectivity index (χ0n) is 16.2. The molecule has 158 valence electrons. The molecule has 0 atom stereocenters. The molecular weight excluding hydrogens is 409 g/mol. The number of rotatable bonds is 7. The number of nitrogens with zero attached hydrogens (tertiary/aromatic N) is 4. The van der Waals surface area contributed by atoms with Crippen LogP contribution in [0, 0.1) is 5.82 Å². The van der Waals surface area contributed by atoms with E-state index < -0.39 is 11.9 Å². The molecule has 0 fully saturated rings. The van der Waals surface area contributed by atoms with Crippen LogP contribution in [-0.2, 0) is 11.3 Å². The second-order valence-corrected chi connectivity index (χ2v) is 6.38. The van der Waals surface area contributed by atoms with Crippen LogP contribution in [0.4, 0.5) is 10.1 Å². The van der Waals surface area contributed by atoms with Gasteiger partial charge in [0.25, 0.3) is 5.91 Å². The predicted molar refractivity (Wildman–Crippen MR) is 104 cm³/mol. The van der Waals surface area contributed by atoms with Crippen LogP contribution in [0.5, 0.6) is 0 Å². The Kier molecular flexibility index (Phi) is 5.56. The molecule has 0 spiro atoms. The number of anilines is 1. The third-order valence-electron chi connectivity index (χ3n) is 4.11. The Bertz CT molecular complexity index is 1230. The van der Waals surface area contributed by atoms with Gasteiger partial charge in [0.05, 0.1) is 25.0 Å². The number of nitrogens with one attached hydrogen (secondary N) is 1. The molecule has 0 aliphatic rings. The first-order chi connectivity index (χ1) is 15.0. The number of amides is 1. The molecule has 31 heavy (non-hydrogen) atoms. The zero-order chi connectivity index (χ0) is 21.8. The summed E-state index contributed by atoms with van der Waals surface area (Å²) >= 11 is 0. The van der Waals surface area contributed by atoms with Gasteiger partial charge in [0.1, 0.15) is 5.82 Å². The van der Waals surface area contributed by atoms with Crippen molar-refractivity contribution in [2.75, 3.05) is 11.9 Å². The molecule has 4 aromatic rings. The van der Waals surface area contributed by atoms with Crippen LogP contribution in [0.15, 0.2) is 57.8 Å². The number of halogens is 1. The first kappa shape index (κ1) is 20.0. The molecule has 0 unspecified atom stereocenters. The van der Waals surface area contributed by atoms with Gasteiger partial charge < -0.3 is 19.1 Å². The summed E-state index contributed by atoms with van der Waals surface area (Å²) in [6.07, 6.45) is 3.06. The van der Waals surface area contributed by atoms with E-state index in [4.69, 9.17) is 13.8 Å². The summed E-state index contributed by atoms with van der Waals surface area (Å²) in [4.78, 5) is 24.1. The number of carbonyl (C=O) groups is 2. The summed E-state index contributed by atoms with van der Waals surface area (Å²) in [7, 11) is 0. The van der Waals surface area contributed by atoms with Gasteiger partial charge in [0.15, 0.2) is 11.4 Å². The first-order valence-electron chi connectivity index (χ1n) is 9.21. The number of ether oxygens (including phenoxy) is 1. The number of hydrogen-bond donors (Lipinski definition) is 1. The minimum atomic E-state index is -0.634. The molecule has 3 aromatic heterocycles. The van der Waals surface area contributed by atoms with E-state index in [2.05, 4.69) is 20.7 Å². The predicted octanol–water partition coefficient (Wildman–Crippen LogP) is 3.14. The van der Waals surface area contributed by atoms with Gasteiger partial charge in [-0.25, -0.2) is 9.18 Å². The monoisotopic (exact) mass is 425 g/mol. The lowest BCUT2D eigenvalue weighted by Gasteiger charge is -2.01. The number of esters is 1. The summed E-state index contributed by atoms with van der Waals surface area (Å²) in [5.41, 5.74) is 1.12. The summed E-state index contributed by atoms with van der Waals surface area (Å²) in [5, 5.41) is 14.1. The highest BCUT2D eigenvalue weighted by molar-refractivity contribution is 6.03. The van der Waals surface area contributed by atoms with Crippen LogP contribution >= 0.6 is 0 Å². The van der Waals surface area contributed by atoms with Gasteiger partial charge in [-0.2, -0.15) is 5.10 Å². The van der Waals surface area contributed by atoms with Crippen molar-refractivity contribution in [1.29, 1.82) is 0 Å². The normalized spacial score (nSPS) is 10.8. The number of hydrogen-bond acceptors (Lipinski definition) is 8. The van der Waals surface area contributed by atoms with Crippen molar-refractivity contribution in [3.63, 3.8) is 0 Å². The summed E-state index contributed by atoms with van der Waals surface area (Å²) in [6.45, 7) is 2.22. The standard InChI is InChI=1S/C20H16FN5O5/c1-2-29-20(28)16-8-18(31-25-16)17-7-15(24-30-17)19(27)23-14-9-22-26(11-14)10-12-4-3-5-13(21)6-12/h3-9,11H,2,10H2,1H3,(H,23,27). The van der Waals surface area contributed by atoms with E-state index in [1.807, 2.05) is 0 Å². The maximum atomic E-state index is 13.3. The molecule has 0 saturated heterocycles. The quantitative estimate of drug-likeness (QED) is 0.448. The third kappa shape index (κ3) is 4.66. The molecular formula is C20H16FN5O5. The molecule has 1 aromatic carbocycles. The molecule has 1 N–H and O–H groups in total. The first-order valence-corrected chi connectivity index (χ1v) is 9.21. The molecule has 11 heteroatoms. The molecule has 0 aliphatic carbocycles. The van der Waals surface area contributed by atoms with Crippen molar-refractivity contribution in [3.8, 4) is 11.5 Å². The number of aromatic nitrogens is 4. The Hall–Kier alpha value is -4.28. The van der Waals surface area contributed by atoms with Gasteiger partial charge in [0, 0.05) is 18.3 Å². The van der Waals surface area contributed by atoms with Crippen LogP contribution in [0.3, 0.4) is 0 Å². The highest BCUT2D eigenvalue weighted by Gasteiger charge is 2.20. The fourth-order valence-corrected chi connectivity index (χ4v) is 2.72. The molecule has 0 radical (unpaired) electrons. The minimum Gasteiger partial charge on any atom is -0.461 e. The molecule has 4 rings (SSSR count). The van der Waals surface area contributed by atoms with Gasteiger partial charge >= 0.3 is 5.97 Å². The van der Waals surface area contributed by atoms with E-state index in [0.29, 0.717) is 12.2 Å². The van der Waals surface area contributed by atoms with E-state index in [0.717, 1.165) is 5.56 Å². The molecule has 0 aliphatic heterocycles. The Labute approximate surface area is 174 Å². The minimum absolute atomic E-state index is 0.0121. The Morgan fingerprint density at radius 2 is 1.87 bits per heavy atom. The second-order valence-electron chi connectivity index (χ2n) is 6.38. The Morgan fingerprint density at radius 1 is 1.13 bits per heavy atom. The third-order valence-corrected chi connectivity index (χ3v) is 4.11. The maximum absolute atomic E-state index is 13.3. The van der Waals surface area contributed by atoms with Crippen LogP contribution < -0.4 is 5.32 Å². The zero-order valence-corrected chi connectivity index (χ0v) is 16.2. The van der Waals surface area contributed by atoms with Crippen molar-refractivity contribution >= 4 is 17.6 Å². The van der Waals surface area contributed by atoms with Crippen molar-refractivity contribution < 1.29 is 27.8 Å². The summed E-state index contributed by atoms with van der Waals surface area (Å²) < 4.78 is 29.8. The van der Waals surface area contributed by atoms with E-state index in [1.54, 1.807) is 29.9 Å². The van der Waals surface area contributed by atoms with Crippen LogP contribution in [0.1, 0.15) is 33.5 Å². The van der Waals surface area contributed by atoms with Crippen LogP contribution in [0.2, 0.25) is 0 Å². The van der Waals surface area contributed by atoms with Gasteiger partial charge in [-0.1, -0.05) is 22.4 Å². The lowest BCUT2D eigenvalue weighted by Crippen LogP contribution is -2.11. The molecule has 1 amide bonds. The van der Waals surface area contributed by atoms with Crippen LogP contribution in [-0.4, -0.2) is 38.6 Å². The fourth-order valence-electron chi connectivity index (χ4n) is 2.72. The lowest BCUT2D eigenvalue weighted by atomic mass is 10.2. The van der Waals surface area contributed by atoms with Crippen molar-refractivity contribution in [2.45, 2.75) is 13.5 Å². The fraction of sp³-hybridized carbons (Fsp3) is 0.150. The molecule has 3 heterocycles. The summed E-state index contributed by atoms with van der Waals surface area (Å²) in [5.74, 6) is -1.26. The highest BCUT2D eigenvalue weighted by atomic mass is 19.1. The average Bonchev–Trinajstić information content (AvgIpc) is 3.49. The van der Waals surface area contributed by atoms with Gasteiger partial charge in [0.2, 0.25) is 11.5 Å². The van der Waals surface area contributed by atoms with E-state index in [-0.39, 0.29) is 35.3 Å². The van der Waals surface area contributed by atoms with Gasteiger partial charge in [-0.15, -0.1) is 0 Å². The number of carbonyl (C=O) groups excluding carboxylic acids is 2. The van der Waals surface area contributed by atoms with E-state index in [1.165, 1.54) is 30.5 Å². The average molecular weight is 425 g/mol. The Morgan fingerprint density at radius 3 is 2.61 bits per heavy atom.